The van der Waals surface area contributed by atoms with Crippen LogP contribution in [0.4, 0.5) is 8.78 Å². The summed E-state index contributed by atoms with van der Waals surface area (Å²) in [5.41, 5.74) is 2.09. The second kappa shape index (κ2) is 5.56. The maximum atomic E-state index is 11.9. The van der Waals surface area contributed by atoms with Crippen molar-refractivity contribution in [3.63, 3.8) is 0 Å². The molecule has 0 saturated carbocycles. The third-order valence-corrected chi connectivity index (χ3v) is 1.39. The van der Waals surface area contributed by atoms with Crippen LogP contribution >= 0.6 is 0 Å². The molecule has 4 heteroatoms. The Morgan fingerprint density at radius 3 is 2.40 bits per heavy atom. The molecular weight excluding hydrogens is 138 g/mol. The first-order valence-corrected chi connectivity index (χ1v) is 3.46. The van der Waals surface area contributed by atoms with Crippen LogP contribution in [0.3, 0.4) is 0 Å². The molecule has 0 amide bonds. The minimum absolute atomic E-state index is 0.449. The molecule has 0 saturated heterocycles. The number of hydrogen-bond donors (Lipinski definition) is 2. The Balaban J connectivity index is 3.40. The zero-order valence-electron chi connectivity index (χ0n) is 6.11. The lowest BCUT2D eigenvalue weighted by molar-refractivity contribution is 0.0932. The van der Waals surface area contributed by atoms with Crippen molar-refractivity contribution in [2.75, 3.05) is 0 Å². The molecule has 0 bridgehead atoms. The third-order valence-electron chi connectivity index (χ3n) is 1.39. The molecule has 1 unspecified atom stereocenters. The highest BCUT2D eigenvalue weighted by Crippen LogP contribution is 2.07. The van der Waals surface area contributed by atoms with Crippen LogP contribution in [0.25, 0.3) is 0 Å². The maximum absolute atomic E-state index is 11.9. The molecule has 0 aromatic rings. The van der Waals surface area contributed by atoms with Gasteiger partial charge in [-0.3, -0.25) is 11.3 Å². The molecule has 0 heterocycles. The Kier molecular flexibility index (Phi) is 5.43. The summed E-state index contributed by atoms with van der Waals surface area (Å²) in [6, 6.07) is -0.833. The van der Waals surface area contributed by atoms with Gasteiger partial charge in [-0.05, 0) is 6.42 Å². The second-order valence-corrected chi connectivity index (χ2v) is 2.25. The predicted octanol–water partition coefficient (Wildman–Crippen LogP) is 1.27. The quantitative estimate of drug-likeness (QED) is 0.460. The van der Waals surface area contributed by atoms with Crippen LogP contribution in [-0.4, -0.2) is 12.5 Å². The van der Waals surface area contributed by atoms with Crippen LogP contribution in [0, 0.1) is 0 Å². The van der Waals surface area contributed by atoms with E-state index in [-0.39, 0.29) is 0 Å². The molecule has 0 aliphatic rings. The van der Waals surface area contributed by atoms with E-state index >= 15 is 0 Å². The van der Waals surface area contributed by atoms with Crippen molar-refractivity contribution in [1.29, 1.82) is 0 Å². The molecule has 3 N–H and O–H groups in total. The van der Waals surface area contributed by atoms with Crippen molar-refractivity contribution in [3.05, 3.63) is 0 Å². The number of nitrogens with one attached hydrogen (secondary N) is 1. The highest BCUT2D eigenvalue weighted by molar-refractivity contribution is 4.64. The molecule has 62 valence electrons. The molecule has 10 heavy (non-hydrogen) atoms. The van der Waals surface area contributed by atoms with Crippen molar-refractivity contribution in [2.45, 2.75) is 38.7 Å². The van der Waals surface area contributed by atoms with Gasteiger partial charge < -0.3 is 0 Å². The predicted molar refractivity (Wildman–Crippen MR) is 36.6 cm³/mol. The smallest absolute Gasteiger partial charge is 0.255 e. The molecule has 1 atom stereocenters. The monoisotopic (exact) mass is 152 g/mol. The number of alkyl halides is 2. The summed E-state index contributed by atoms with van der Waals surface area (Å²) in [5, 5.41) is 0. The van der Waals surface area contributed by atoms with E-state index in [2.05, 4.69) is 5.43 Å². The van der Waals surface area contributed by atoms with Crippen LogP contribution < -0.4 is 11.3 Å². The lowest BCUT2D eigenvalue weighted by Gasteiger charge is -2.13. The van der Waals surface area contributed by atoms with E-state index < -0.39 is 12.5 Å². The number of hydrogen-bond acceptors (Lipinski definition) is 2. The fraction of sp³-hybridized carbons (Fsp3) is 1.00. The van der Waals surface area contributed by atoms with Gasteiger partial charge in [0, 0.05) is 0 Å². The van der Waals surface area contributed by atoms with Crippen LogP contribution in [-0.2, 0) is 0 Å². The zero-order chi connectivity index (χ0) is 7.98. The van der Waals surface area contributed by atoms with Gasteiger partial charge in [0.25, 0.3) is 6.43 Å². The second-order valence-electron chi connectivity index (χ2n) is 2.25. The summed E-state index contributed by atoms with van der Waals surface area (Å²) in [4.78, 5) is 0. The average Bonchev–Trinajstić information content (AvgIpc) is 1.89. The van der Waals surface area contributed by atoms with Crippen molar-refractivity contribution >= 4 is 0 Å². The van der Waals surface area contributed by atoms with E-state index in [9.17, 15) is 8.78 Å². The minimum atomic E-state index is -2.35. The summed E-state index contributed by atoms with van der Waals surface area (Å²) in [6.45, 7) is 1.96. The van der Waals surface area contributed by atoms with Crippen LogP contribution in [0.5, 0.6) is 0 Å². The molecule has 0 spiro atoms. The summed E-state index contributed by atoms with van der Waals surface area (Å²) < 4.78 is 23.8. The Morgan fingerprint density at radius 2 is 2.10 bits per heavy atom. The van der Waals surface area contributed by atoms with E-state index in [1.165, 1.54) is 0 Å². The van der Waals surface area contributed by atoms with Gasteiger partial charge in [-0.2, -0.15) is 0 Å². The number of nitrogens with two attached hydrogens (primary N) is 1. The van der Waals surface area contributed by atoms with Crippen LogP contribution in [0.2, 0.25) is 0 Å². The molecular formula is C6H14F2N2. The molecule has 2 nitrogen and oxygen atoms in total. The number of unbranched alkanes of at least 4 members (excludes halogenated alkanes) is 1. The topological polar surface area (TPSA) is 38.0 Å². The van der Waals surface area contributed by atoms with E-state index in [1.54, 1.807) is 0 Å². The zero-order valence-corrected chi connectivity index (χ0v) is 6.11. The highest BCUT2D eigenvalue weighted by Gasteiger charge is 2.16. The molecule has 0 fully saturated rings. The normalized spacial score (nSPS) is 14.1. The van der Waals surface area contributed by atoms with Gasteiger partial charge in [-0.25, -0.2) is 8.78 Å². The van der Waals surface area contributed by atoms with Crippen molar-refractivity contribution in [1.82, 2.24) is 5.43 Å². The average molecular weight is 152 g/mol. The van der Waals surface area contributed by atoms with E-state index in [1.807, 2.05) is 6.92 Å². The Hall–Kier alpha value is -0.220. The Labute approximate surface area is 59.8 Å². The molecule has 0 aliphatic carbocycles. The van der Waals surface area contributed by atoms with E-state index in [0.29, 0.717) is 6.42 Å². The Bertz CT molecular complexity index is 78.1. The maximum Gasteiger partial charge on any atom is 0.255 e. The fourth-order valence-corrected chi connectivity index (χ4v) is 0.706. The first-order valence-electron chi connectivity index (χ1n) is 3.46. The third kappa shape index (κ3) is 3.74. The SMILES string of the molecule is CCCCC(NN)C(F)F. The lowest BCUT2D eigenvalue weighted by atomic mass is 10.1. The molecule has 0 aliphatic heterocycles. The van der Waals surface area contributed by atoms with Crippen LogP contribution in [0.1, 0.15) is 26.2 Å². The molecule has 0 rings (SSSR count). The minimum Gasteiger partial charge on any atom is -0.271 e. The summed E-state index contributed by atoms with van der Waals surface area (Å²) in [7, 11) is 0. The van der Waals surface area contributed by atoms with Gasteiger partial charge in [0.15, 0.2) is 0 Å². The first-order chi connectivity index (χ1) is 4.72. The molecule has 0 radical (unpaired) electrons. The lowest BCUT2D eigenvalue weighted by Crippen LogP contribution is -2.40. The van der Waals surface area contributed by atoms with Gasteiger partial charge in [0.05, 0.1) is 6.04 Å². The van der Waals surface area contributed by atoms with Crippen molar-refractivity contribution in [3.8, 4) is 0 Å². The highest BCUT2D eigenvalue weighted by atomic mass is 19.3. The van der Waals surface area contributed by atoms with Gasteiger partial charge in [0.1, 0.15) is 0 Å². The fourth-order valence-electron chi connectivity index (χ4n) is 0.706. The van der Waals surface area contributed by atoms with Gasteiger partial charge in [0.2, 0.25) is 0 Å². The summed E-state index contributed by atoms with van der Waals surface area (Å²) in [6.07, 6.45) is -0.189. The standard InChI is InChI=1S/C6H14F2N2/c1-2-3-4-5(10-9)6(7)8/h5-6,10H,2-4,9H2,1H3. The van der Waals surface area contributed by atoms with E-state index in [0.717, 1.165) is 12.8 Å². The largest absolute Gasteiger partial charge is 0.271 e. The summed E-state index contributed by atoms with van der Waals surface area (Å²) >= 11 is 0. The summed E-state index contributed by atoms with van der Waals surface area (Å²) in [5.74, 6) is 4.88. The van der Waals surface area contributed by atoms with Crippen LogP contribution in [0.15, 0.2) is 0 Å². The van der Waals surface area contributed by atoms with Crippen molar-refractivity contribution < 1.29 is 8.78 Å². The molecule has 0 aromatic carbocycles. The number of halogens is 2. The number of rotatable bonds is 5. The van der Waals surface area contributed by atoms with Crippen molar-refractivity contribution in [2.24, 2.45) is 5.84 Å². The molecule has 0 aromatic heterocycles. The van der Waals surface area contributed by atoms with Gasteiger partial charge in [-0.15, -0.1) is 0 Å². The first kappa shape index (κ1) is 9.78. The Morgan fingerprint density at radius 1 is 1.50 bits per heavy atom. The van der Waals surface area contributed by atoms with E-state index in [4.69, 9.17) is 5.84 Å². The van der Waals surface area contributed by atoms with Gasteiger partial charge >= 0.3 is 0 Å². The van der Waals surface area contributed by atoms with Gasteiger partial charge in [-0.1, -0.05) is 19.8 Å². The number of hydrazine groups is 1.